The third-order valence-electron chi connectivity index (χ3n) is 7.36. The summed E-state index contributed by atoms with van der Waals surface area (Å²) in [6, 6.07) is 15.3. The summed E-state index contributed by atoms with van der Waals surface area (Å²) in [7, 11) is 0. The predicted octanol–water partition coefficient (Wildman–Crippen LogP) is 4.80. The SMILES string of the molecule is CC#CC(=O)N1CCCC1c1cc(-c2ccc(C(=O)Nc3cc(C4CC4)ccn3)cc2)n2c(N)nccc12. The summed E-state index contributed by atoms with van der Waals surface area (Å²) in [4.78, 5) is 36.0. The molecule has 6 rings (SSSR count). The Balaban J connectivity index is 1.30. The van der Waals surface area contributed by atoms with Crippen LogP contribution in [-0.4, -0.2) is 37.6 Å². The van der Waals surface area contributed by atoms with Crippen LogP contribution >= 0.6 is 0 Å². The molecule has 8 heteroatoms. The van der Waals surface area contributed by atoms with Crippen molar-refractivity contribution in [2.45, 2.75) is 44.6 Å². The van der Waals surface area contributed by atoms with Gasteiger partial charge in [-0.1, -0.05) is 18.1 Å². The van der Waals surface area contributed by atoms with Crippen LogP contribution in [0, 0.1) is 11.8 Å². The lowest BCUT2D eigenvalue weighted by molar-refractivity contribution is -0.125. The van der Waals surface area contributed by atoms with Crippen LogP contribution in [0.1, 0.15) is 66.1 Å². The second kappa shape index (κ2) is 9.67. The van der Waals surface area contributed by atoms with Crippen LogP contribution in [0.4, 0.5) is 11.8 Å². The molecule has 2 aliphatic rings. The summed E-state index contributed by atoms with van der Waals surface area (Å²) in [5.41, 5.74) is 11.7. The van der Waals surface area contributed by atoms with E-state index in [1.807, 2.05) is 39.6 Å². The molecule has 1 atom stereocenters. The summed E-state index contributed by atoms with van der Waals surface area (Å²) < 4.78 is 1.91. The lowest BCUT2D eigenvalue weighted by Gasteiger charge is -2.22. The van der Waals surface area contributed by atoms with Gasteiger partial charge < -0.3 is 16.0 Å². The molecule has 3 aromatic heterocycles. The number of fused-ring (bicyclic) bond motifs is 1. The highest BCUT2D eigenvalue weighted by molar-refractivity contribution is 6.04. The van der Waals surface area contributed by atoms with Gasteiger partial charge in [0.15, 0.2) is 0 Å². The van der Waals surface area contributed by atoms with Crippen molar-refractivity contribution in [3.63, 3.8) is 0 Å². The zero-order valence-corrected chi connectivity index (χ0v) is 21.1. The maximum absolute atomic E-state index is 12.9. The van der Waals surface area contributed by atoms with Gasteiger partial charge in [-0.3, -0.25) is 14.0 Å². The minimum Gasteiger partial charge on any atom is -0.369 e. The number of nitrogens with zero attached hydrogens (tertiary/aromatic N) is 4. The van der Waals surface area contributed by atoms with Crippen molar-refractivity contribution in [2.24, 2.45) is 0 Å². The van der Waals surface area contributed by atoms with E-state index in [1.165, 1.54) is 18.4 Å². The fraction of sp³-hybridized carbons (Fsp3) is 0.267. The molecule has 0 spiro atoms. The van der Waals surface area contributed by atoms with Crippen molar-refractivity contribution < 1.29 is 9.59 Å². The third-order valence-corrected chi connectivity index (χ3v) is 7.36. The average molecular weight is 505 g/mol. The summed E-state index contributed by atoms with van der Waals surface area (Å²) in [6.45, 7) is 2.35. The third kappa shape index (κ3) is 4.37. The molecular formula is C30H28N6O2. The minimum atomic E-state index is -0.212. The van der Waals surface area contributed by atoms with E-state index < -0.39 is 0 Å². The highest BCUT2D eigenvalue weighted by atomic mass is 16.2. The molecule has 1 aromatic carbocycles. The number of nitrogens with one attached hydrogen (secondary N) is 1. The molecule has 3 N–H and O–H groups in total. The smallest absolute Gasteiger partial charge is 0.298 e. The van der Waals surface area contributed by atoms with E-state index in [1.54, 1.807) is 31.5 Å². The number of likely N-dealkylation sites (tertiary alicyclic amines) is 1. The predicted molar refractivity (Wildman–Crippen MR) is 146 cm³/mol. The molecule has 1 saturated carbocycles. The first-order valence-corrected chi connectivity index (χ1v) is 12.9. The Bertz CT molecular complexity index is 1610. The Hall–Kier alpha value is -4.64. The number of benzene rings is 1. The Morgan fingerprint density at radius 3 is 2.58 bits per heavy atom. The number of rotatable bonds is 5. The molecule has 2 amide bonds. The first kappa shape index (κ1) is 23.7. The van der Waals surface area contributed by atoms with Crippen molar-refractivity contribution >= 4 is 29.1 Å². The van der Waals surface area contributed by atoms with Gasteiger partial charge in [-0.25, -0.2) is 9.97 Å². The van der Waals surface area contributed by atoms with Crippen molar-refractivity contribution in [3.8, 4) is 23.1 Å². The molecule has 4 aromatic rings. The number of amides is 2. The van der Waals surface area contributed by atoms with E-state index in [4.69, 9.17) is 5.73 Å². The number of anilines is 2. The van der Waals surface area contributed by atoms with Crippen molar-refractivity contribution in [3.05, 3.63) is 77.6 Å². The Kier molecular flexibility index (Phi) is 6.04. The average Bonchev–Trinajstić information content (AvgIpc) is 3.53. The Morgan fingerprint density at radius 1 is 1.03 bits per heavy atom. The van der Waals surface area contributed by atoms with E-state index >= 15 is 0 Å². The molecule has 1 aliphatic carbocycles. The van der Waals surface area contributed by atoms with E-state index in [9.17, 15) is 9.59 Å². The lowest BCUT2D eigenvalue weighted by atomic mass is 10.0. The number of nitrogens with two attached hydrogens (primary N) is 1. The standard InChI is InChI=1S/C30H28N6O2/c1-2-4-28(37)35-16-3-5-24(35)23-18-26(36-25(23)13-15-33-30(36)31)20-8-10-21(11-9-20)29(38)34-27-17-22(12-14-32-27)19-6-7-19/h8-15,17-19,24H,3,5-7,16H2,1H3,(H2,31,33)(H,32,34,38). The van der Waals surface area contributed by atoms with Gasteiger partial charge >= 0.3 is 0 Å². The highest BCUT2D eigenvalue weighted by Gasteiger charge is 2.32. The lowest BCUT2D eigenvalue weighted by Crippen LogP contribution is -2.29. The molecule has 0 radical (unpaired) electrons. The number of aromatic nitrogens is 3. The zero-order valence-electron chi connectivity index (χ0n) is 21.1. The maximum Gasteiger partial charge on any atom is 0.298 e. The first-order valence-electron chi connectivity index (χ1n) is 12.9. The van der Waals surface area contributed by atoms with Crippen LogP contribution in [0.25, 0.3) is 16.8 Å². The van der Waals surface area contributed by atoms with Gasteiger partial charge in [0, 0.05) is 30.1 Å². The minimum absolute atomic E-state index is 0.0853. The van der Waals surface area contributed by atoms with Gasteiger partial charge in [0.1, 0.15) is 5.82 Å². The molecular weight excluding hydrogens is 476 g/mol. The van der Waals surface area contributed by atoms with Crippen LogP contribution in [0.15, 0.2) is 60.9 Å². The van der Waals surface area contributed by atoms with Crippen LogP contribution < -0.4 is 11.1 Å². The van der Waals surface area contributed by atoms with Crippen molar-refractivity contribution in [1.29, 1.82) is 0 Å². The largest absolute Gasteiger partial charge is 0.369 e. The number of carbonyl (C=O) groups is 2. The maximum atomic E-state index is 12.9. The Morgan fingerprint density at radius 2 is 1.82 bits per heavy atom. The van der Waals surface area contributed by atoms with E-state index in [0.29, 0.717) is 29.8 Å². The molecule has 8 nitrogen and oxygen atoms in total. The quantitative estimate of drug-likeness (QED) is 0.380. The normalized spacial score (nSPS) is 16.8. The molecule has 4 heterocycles. The van der Waals surface area contributed by atoms with Crippen LogP contribution in [-0.2, 0) is 4.79 Å². The second-order valence-electron chi connectivity index (χ2n) is 9.82. The van der Waals surface area contributed by atoms with Crippen molar-refractivity contribution in [2.75, 3.05) is 17.6 Å². The summed E-state index contributed by atoms with van der Waals surface area (Å²) in [5.74, 6) is 6.54. The van der Waals surface area contributed by atoms with Gasteiger partial charge in [-0.2, -0.15) is 0 Å². The number of carbonyl (C=O) groups excluding carboxylic acids is 2. The molecule has 1 aliphatic heterocycles. The number of pyridine rings is 1. The Labute approximate surface area is 220 Å². The molecule has 0 bridgehead atoms. The van der Waals surface area contributed by atoms with Crippen LogP contribution in [0.5, 0.6) is 0 Å². The van der Waals surface area contributed by atoms with Crippen molar-refractivity contribution in [1.82, 2.24) is 19.3 Å². The van der Waals surface area contributed by atoms with E-state index in [2.05, 4.69) is 33.2 Å². The van der Waals surface area contributed by atoms with E-state index in [0.717, 1.165) is 35.2 Å². The van der Waals surface area contributed by atoms with Gasteiger partial charge in [-0.15, -0.1) is 0 Å². The summed E-state index contributed by atoms with van der Waals surface area (Å²) >= 11 is 0. The zero-order chi connectivity index (χ0) is 26.2. The van der Waals surface area contributed by atoms with Crippen LogP contribution in [0.3, 0.4) is 0 Å². The number of hydrogen-bond acceptors (Lipinski definition) is 5. The fourth-order valence-corrected chi connectivity index (χ4v) is 5.36. The topological polar surface area (TPSA) is 106 Å². The molecule has 190 valence electrons. The molecule has 38 heavy (non-hydrogen) atoms. The first-order chi connectivity index (χ1) is 18.5. The number of hydrogen-bond donors (Lipinski definition) is 2. The van der Waals surface area contributed by atoms with Crippen LogP contribution in [0.2, 0.25) is 0 Å². The van der Waals surface area contributed by atoms with Gasteiger partial charge in [0.2, 0.25) is 5.95 Å². The monoisotopic (exact) mass is 504 g/mol. The summed E-state index contributed by atoms with van der Waals surface area (Å²) in [5, 5.41) is 2.91. The molecule has 1 saturated heterocycles. The summed E-state index contributed by atoms with van der Waals surface area (Å²) in [6.07, 6.45) is 7.58. The van der Waals surface area contributed by atoms with Gasteiger partial charge in [0.05, 0.1) is 17.3 Å². The fourth-order valence-electron chi connectivity index (χ4n) is 5.36. The van der Waals surface area contributed by atoms with Gasteiger partial charge in [0.25, 0.3) is 11.8 Å². The highest BCUT2D eigenvalue weighted by Crippen LogP contribution is 2.41. The molecule has 2 fully saturated rings. The van der Waals surface area contributed by atoms with E-state index in [-0.39, 0.29) is 17.9 Å². The molecule has 1 unspecified atom stereocenters. The second-order valence-corrected chi connectivity index (χ2v) is 9.82. The van der Waals surface area contributed by atoms with Gasteiger partial charge in [-0.05, 0) is 92.0 Å². The number of nitrogen functional groups attached to an aromatic ring is 1.